The van der Waals surface area contributed by atoms with Gasteiger partial charge in [-0.3, -0.25) is 4.57 Å². The summed E-state index contributed by atoms with van der Waals surface area (Å²) in [5.41, 5.74) is 2.25. The number of alkyl halides is 1. The average Bonchev–Trinajstić information content (AvgIpc) is 2.96. The van der Waals surface area contributed by atoms with Gasteiger partial charge in [0.2, 0.25) is 0 Å². The Morgan fingerprint density at radius 2 is 2.18 bits per heavy atom. The van der Waals surface area contributed by atoms with Crippen molar-refractivity contribution in [3.8, 4) is 5.69 Å². The second-order valence-electron chi connectivity index (χ2n) is 3.28. The van der Waals surface area contributed by atoms with Gasteiger partial charge in [0, 0.05) is 0 Å². The van der Waals surface area contributed by atoms with Crippen molar-refractivity contribution in [1.82, 2.24) is 23.5 Å². The van der Waals surface area contributed by atoms with Gasteiger partial charge in [0.05, 0.1) is 28.3 Å². The quantitative estimate of drug-likeness (QED) is 0.680. The van der Waals surface area contributed by atoms with Crippen molar-refractivity contribution >= 4 is 46.0 Å². The first kappa shape index (κ1) is 10.9. The SMILES string of the molecule is ClCc1nncn1-c1c(Cl)ccc2nsnc12. The van der Waals surface area contributed by atoms with E-state index in [0.29, 0.717) is 10.8 Å². The fourth-order valence-corrected chi connectivity index (χ4v) is 2.54. The molecule has 2 aromatic heterocycles. The summed E-state index contributed by atoms with van der Waals surface area (Å²) < 4.78 is 10.1. The summed E-state index contributed by atoms with van der Waals surface area (Å²) in [6.45, 7) is 0. The van der Waals surface area contributed by atoms with Crippen LogP contribution in [-0.4, -0.2) is 23.5 Å². The second-order valence-corrected chi connectivity index (χ2v) is 4.48. The maximum atomic E-state index is 6.20. The minimum Gasteiger partial charge on any atom is -0.281 e. The topological polar surface area (TPSA) is 56.5 Å². The highest BCUT2D eigenvalue weighted by Gasteiger charge is 2.15. The minimum absolute atomic E-state index is 0.254. The van der Waals surface area contributed by atoms with Gasteiger partial charge in [0.15, 0.2) is 5.82 Å². The van der Waals surface area contributed by atoms with Crippen molar-refractivity contribution in [3.63, 3.8) is 0 Å². The summed E-state index contributed by atoms with van der Waals surface area (Å²) in [4.78, 5) is 0. The number of aromatic nitrogens is 5. The van der Waals surface area contributed by atoms with Crippen LogP contribution in [0.15, 0.2) is 18.5 Å². The van der Waals surface area contributed by atoms with Crippen LogP contribution in [0.4, 0.5) is 0 Å². The molecule has 0 aliphatic carbocycles. The van der Waals surface area contributed by atoms with E-state index in [1.165, 1.54) is 0 Å². The van der Waals surface area contributed by atoms with Gasteiger partial charge in [0.25, 0.3) is 0 Å². The number of nitrogens with zero attached hydrogens (tertiary/aromatic N) is 5. The van der Waals surface area contributed by atoms with Gasteiger partial charge in [-0.05, 0) is 12.1 Å². The molecule has 0 fully saturated rings. The van der Waals surface area contributed by atoms with Crippen molar-refractivity contribution in [1.29, 1.82) is 0 Å². The van der Waals surface area contributed by atoms with Gasteiger partial charge >= 0.3 is 0 Å². The fraction of sp³-hybridized carbons (Fsp3) is 0.111. The van der Waals surface area contributed by atoms with E-state index in [-0.39, 0.29) is 5.88 Å². The van der Waals surface area contributed by atoms with Crippen molar-refractivity contribution in [2.75, 3.05) is 0 Å². The lowest BCUT2D eigenvalue weighted by atomic mass is 10.2. The Balaban J connectivity index is 2.36. The Kier molecular flexibility index (Phi) is 2.70. The maximum absolute atomic E-state index is 6.20. The molecule has 0 radical (unpaired) electrons. The molecule has 0 spiro atoms. The molecule has 3 rings (SSSR count). The summed E-state index contributed by atoms with van der Waals surface area (Å²) in [5.74, 6) is 0.874. The van der Waals surface area contributed by atoms with Crippen LogP contribution in [0, 0.1) is 0 Å². The van der Waals surface area contributed by atoms with E-state index in [4.69, 9.17) is 23.2 Å². The van der Waals surface area contributed by atoms with E-state index in [2.05, 4.69) is 18.9 Å². The van der Waals surface area contributed by atoms with E-state index in [1.807, 2.05) is 6.07 Å². The number of hydrogen-bond acceptors (Lipinski definition) is 5. The minimum atomic E-state index is 0.254. The van der Waals surface area contributed by atoms with Crippen molar-refractivity contribution in [3.05, 3.63) is 29.3 Å². The molecule has 5 nitrogen and oxygen atoms in total. The maximum Gasteiger partial charge on any atom is 0.152 e. The zero-order chi connectivity index (χ0) is 11.8. The molecule has 0 aliphatic rings. The molecule has 0 unspecified atom stereocenters. The van der Waals surface area contributed by atoms with Crippen LogP contribution in [0.5, 0.6) is 0 Å². The van der Waals surface area contributed by atoms with Gasteiger partial charge in [-0.1, -0.05) is 11.6 Å². The molecule has 0 N–H and O–H groups in total. The van der Waals surface area contributed by atoms with Crippen molar-refractivity contribution in [2.45, 2.75) is 5.88 Å². The Hall–Kier alpha value is -1.24. The lowest BCUT2D eigenvalue weighted by Crippen LogP contribution is -2.00. The van der Waals surface area contributed by atoms with E-state index in [9.17, 15) is 0 Å². The summed E-state index contributed by atoms with van der Waals surface area (Å²) in [7, 11) is 0. The molecule has 17 heavy (non-hydrogen) atoms. The van der Waals surface area contributed by atoms with Gasteiger partial charge in [-0.25, -0.2) is 0 Å². The summed E-state index contributed by atoms with van der Waals surface area (Å²) in [5, 5.41) is 8.31. The Morgan fingerprint density at radius 3 is 3.00 bits per heavy atom. The number of hydrogen-bond donors (Lipinski definition) is 0. The van der Waals surface area contributed by atoms with E-state index in [1.54, 1.807) is 17.0 Å². The monoisotopic (exact) mass is 285 g/mol. The Morgan fingerprint density at radius 1 is 1.29 bits per heavy atom. The third kappa shape index (κ3) is 1.69. The summed E-state index contributed by atoms with van der Waals surface area (Å²) in [6.07, 6.45) is 1.57. The fourth-order valence-electron chi connectivity index (χ4n) is 1.58. The zero-order valence-corrected chi connectivity index (χ0v) is 10.7. The van der Waals surface area contributed by atoms with Gasteiger partial charge in [0.1, 0.15) is 17.4 Å². The first-order chi connectivity index (χ1) is 8.31. The molecule has 0 amide bonds. The highest BCUT2D eigenvalue weighted by molar-refractivity contribution is 7.00. The van der Waals surface area contributed by atoms with Crippen LogP contribution in [0.25, 0.3) is 16.7 Å². The van der Waals surface area contributed by atoms with Crippen LogP contribution in [-0.2, 0) is 5.88 Å². The molecular formula is C9H5Cl2N5S. The highest BCUT2D eigenvalue weighted by Crippen LogP contribution is 2.29. The molecule has 3 aromatic rings. The van der Waals surface area contributed by atoms with Crippen molar-refractivity contribution < 1.29 is 0 Å². The van der Waals surface area contributed by atoms with Crippen LogP contribution in [0.1, 0.15) is 5.82 Å². The van der Waals surface area contributed by atoms with Crippen LogP contribution >= 0.6 is 34.9 Å². The first-order valence-electron chi connectivity index (χ1n) is 4.67. The summed E-state index contributed by atoms with van der Waals surface area (Å²) >= 11 is 13.1. The molecular weight excluding hydrogens is 281 g/mol. The third-order valence-electron chi connectivity index (χ3n) is 2.33. The van der Waals surface area contributed by atoms with Crippen LogP contribution in [0.3, 0.4) is 0 Å². The van der Waals surface area contributed by atoms with Gasteiger partial charge in [-0.15, -0.1) is 21.8 Å². The van der Waals surface area contributed by atoms with Gasteiger partial charge < -0.3 is 0 Å². The normalized spacial score (nSPS) is 11.2. The number of benzene rings is 1. The molecule has 0 saturated carbocycles. The third-order valence-corrected chi connectivity index (χ3v) is 3.42. The molecule has 0 saturated heterocycles. The Bertz CT molecular complexity index is 677. The summed E-state index contributed by atoms with van der Waals surface area (Å²) in [6, 6.07) is 3.61. The molecule has 1 aromatic carbocycles. The zero-order valence-electron chi connectivity index (χ0n) is 8.34. The van der Waals surface area contributed by atoms with Gasteiger partial charge in [-0.2, -0.15) is 8.75 Å². The second kappa shape index (κ2) is 4.21. The molecule has 0 bridgehead atoms. The lowest BCUT2D eigenvalue weighted by Gasteiger charge is -2.07. The highest BCUT2D eigenvalue weighted by atomic mass is 35.5. The number of fused-ring (bicyclic) bond motifs is 1. The standard InChI is InChI=1S/C9H5Cl2N5S/c10-3-7-13-12-4-16(7)9-5(11)1-2-6-8(9)15-17-14-6/h1-2,4H,3H2. The number of rotatable bonds is 2. The largest absolute Gasteiger partial charge is 0.281 e. The molecule has 0 aliphatic heterocycles. The predicted molar refractivity (Wildman–Crippen MR) is 66.9 cm³/mol. The lowest BCUT2D eigenvalue weighted by molar-refractivity contribution is 0.955. The van der Waals surface area contributed by atoms with Crippen molar-refractivity contribution in [2.24, 2.45) is 0 Å². The smallest absolute Gasteiger partial charge is 0.152 e. The Labute approximate surface area is 110 Å². The van der Waals surface area contributed by atoms with E-state index in [0.717, 1.165) is 28.4 Å². The average molecular weight is 286 g/mol. The van der Waals surface area contributed by atoms with Crippen LogP contribution in [0.2, 0.25) is 5.02 Å². The van der Waals surface area contributed by atoms with E-state index < -0.39 is 0 Å². The molecule has 2 heterocycles. The molecule has 8 heteroatoms. The van der Waals surface area contributed by atoms with E-state index >= 15 is 0 Å². The predicted octanol–water partition coefficient (Wildman–Crippen LogP) is 2.66. The molecule has 86 valence electrons. The molecule has 0 atom stereocenters. The first-order valence-corrected chi connectivity index (χ1v) is 6.31. The van der Waals surface area contributed by atoms with Crippen LogP contribution < -0.4 is 0 Å². The number of halogens is 2.